The molecule has 32 heavy (non-hydrogen) atoms. The van der Waals surface area contributed by atoms with Gasteiger partial charge in [0.05, 0.1) is 22.7 Å². The Bertz CT molecular complexity index is 1600. The van der Waals surface area contributed by atoms with Gasteiger partial charge in [-0.15, -0.1) is 0 Å². The van der Waals surface area contributed by atoms with Gasteiger partial charge in [0.25, 0.3) is 5.56 Å². The first-order chi connectivity index (χ1) is 15.5. The number of nitrogens with zero attached hydrogens (tertiary/aromatic N) is 3. The lowest BCUT2D eigenvalue weighted by molar-refractivity contribution is -0.402. The van der Waals surface area contributed by atoms with E-state index in [9.17, 15) is 14.9 Å². The van der Waals surface area contributed by atoms with E-state index in [4.69, 9.17) is 4.42 Å². The van der Waals surface area contributed by atoms with Gasteiger partial charge in [0.15, 0.2) is 0 Å². The quantitative estimate of drug-likeness (QED) is 0.165. The second-order valence-electron chi connectivity index (χ2n) is 7.07. The molecule has 0 amide bonds. The van der Waals surface area contributed by atoms with Crippen LogP contribution in [-0.2, 0) is 0 Å². The van der Waals surface area contributed by atoms with Gasteiger partial charge < -0.3 is 4.42 Å². The number of hydrogen-bond acceptors (Lipinski definition) is 5. The number of fused-ring (bicyclic) bond motifs is 2. The predicted molar refractivity (Wildman–Crippen MR) is 132 cm³/mol. The van der Waals surface area contributed by atoms with Crippen LogP contribution in [0.3, 0.4) is 0 Å². The Morgan fingerprint density at radius 2 is 1.78 bits per heavy atom. The summed E-state index contributed by atoms with van der Waals surface area (Å²) in [5.41, 5.74) is 1.04. The van der Waals surface area contributed by atoms with E-state index in [1.165, 1.54) is 12.1 Å². The highest BCUT2D eigenvalue weighted by molar-refractivity contribution is 14.1. The van der Waals surface area contributed by atoms with Crippen molar-refractivity contribution in [1.82, 2.24) is 9.55 Å². The molecule has 0 saturated heterocycles. The summed E-state index contributed by atoms with van der Waals surface area (Å²) in [6, 6.07) is 22.0. The van der Waals surface area contributed by atoms with Crippen molar-refractivity contribution in [2.75, 3.05) is 0 Å². The Balaban J connectivity index is 1.72. The molecule has 156 valence electrons. The first-order valence-electron chi connectivity index (χ1n) is 9.63. The number of nitro groups is 1. The highest BCUT2D eigenvalue weighted by atomic mass is 127. The van der Waals surface area contributed by atoms with E-state index in [-0.39, 0.29) is 11.4 Å². The fourth-order valence-corrected chi connectivity index (χ4v) is 4.03. The summed E-state index contributed by atoms with van der Waals surface area (Å²) in [5.74, 6) is 0.328. The molecule has 8 heteroatoms. The summed E-state index contributed by atoms with van der Waals surface area (Å²) in [5, 5.41) is 13.5. The lowest BCUT2D eigenvalue weighted by atomic mass is 10.1. The average molecular weight is 535 g/mol. The lowest BCUT2D eigenvalue weighted by Crippen LogP contribution is -2.22. The number of rotatable bonds is 4. The fraction of sp³-hybridized carbons (Fsp3) is 0. The number of furan rings is 1. The van der Waals surface area contributed by atoms with E-state index in [2.05, 4.69) is 27.6 Å². The van der Waals surface area contributed by atoms with Gasteiger partial charge in [0, 0.05) is 3.57 Å². The van der Waals surface area contributed by atoms with Crippen molar-refractivity contribution >= 4 is 62.3 Å². The molecule has 0 saturated carbocycles. The van der Waals surface area contributed by atoms with E-state index in [0.717, 1.165) is 14.3 Å². The van der Waals surface area contributed by atoms with Crippen LogP contribution in [0.1, 0.15) is 11.6 Å². The van der Waals surface area contributed by atoms with Crippen LogP contribution >= 0.6 is 22.6 Å². The maximum atomic E-state index is 13.5. The van der Waals surface area contributed by atoms with Gasteiger partial charge in [-0.2, -0.15) is 0 Å². The minimum Gasteiger partial charge on any atom is -0.401 e. The van der Waals surface area contributed by atoms with Crippen LogP contribution in [0.4, 0.5) is 5.88 Å². The van der Waals surface area contributed by atoms with Crippen LogP contribution in [-0.4, -0.2) is 14.5 Å². The summed E-state index contributed by atoms with van der Waals surface area (Å²) in [7, 11) is 0. The van der Waals surface area contributed by atoms with Gasteiger partial charge >= 0.3 is 5.88 Å². The van der Waals surface area contributed by atoms with Gasteiger partial charge in [-0.25, -0.2) is 4.98 Å². The topological polar surface area (TPSA) is 91.2 Å². The molecule has 2 aromatic heterocycles. The molecular formula is C24H14IN3O4. The SMILES string of the molecule is O=c1c2cc(I)ccc2nc(C=Cc2ccc([N+](=O)[O-])o2)n1-c1ccc2ccccc2c1. The molecule has 7 nitrogen and oxygen atoms in total. The summed E-state index contributed by atoms with van der Waals surface area (Å²) >= 11 is 2.17. The van der Waals surface area contributed by atoms with Crippen molar-refractivity contribution in [3.05, 3.63) is 108 Å². The molecule has 0 aliphatic carbocycles. The van der Waals surface area contributed by atoms with Crippen LogP contribution in [0.2, 0.25) is 0 Å². The van der Waals surface area contributed by atoms with E-state index in [0.29, 0.717) is 28.2 Å². The van der Waals surface area contributed by atoms with Gasteiger partial charge in [-0.1, -0.05) is 30.3 Å². The molecule has 0 N–H and O–H groups in total. The number of halogens is 1. The summed E-state index contributed by atoms with van der Waals surface area (Å²) in [4.78, 5) is 28.5. The minimum atomic E-state index is -0.599. The van der Waals surface area contributed by atoms with E-state index in [1.807, 2.05) is 54.6 Å². The third kappa shape index (κ3) is 3.69. The molecule has 0 radical (unpaired) electrons. The molecule has 0 atom stereocenters. The first-order valence-corrected chi connectivity index (χ1v) is 10.7. The zero-order valence-electron chi connectivity index (χ0n) is 16.4. The average Bonchev–Trinajstić information content (AvgIpc) is 3.27. The predicted octanol–water partition coefficient (Wildman–Crippen LogP) is 5.82. The third-order valence-electron chi connectivity index (χ3n) is 5.04. The highest BCUT2D eigenvalue weighted by Gasteiger charge is 2.14. The van der Waals surface area contributed by atoms with E-state index in [1.54, 1.807) is 22.8 Å². The smallest absolute Gasteiger partial charge is 0.401 e. The summed E-state index contributed by atoms with van der Waals surface area (Å²) < 4.78 is 7.68. The Labute approximate surface area is 194 Å². The maximum absolute atomic E-state index is 13.5. The lowest BCUT2D eigenvalue weighted by Gasteiger charge is -2.12. The Morgan fingerprint density at radius 3 is 2.56 bits per heavy atom. The van der Waals surface area contributed by atoms with Crippen molar-refractivity contribution in [2.24, 2.45) is 0 Å². The maximum Gasteiger partial charge on any atom is 0.433 e. The van der Waals surface area contributed by atoms with Crippen LogP contribution < -0.4 is 5.56 Å². The largest absolute Gasteiger partial charge is 0.433 e. The van der Waals surface area contributed by atoms with Crippen LogP contribution in [0.25, 0.3) is 39.5 Å². The molecule has 5 aromatic rings. The number of hydrogen-bond donors (Lipinski definition) is 0. The van der Waals surface area contributed by atoms with Gasteiger partial charge in [-0.05, 0) is 81.9 Å². The first kappa shape index (κ1) is 20.1. The Kier molecular flexibility index (Phi) is 5.06. The normalized spacial score (nSPS) is 11.5. The van der Waals surface area contributed by atoms with Crippen molar-refractivity contribution in [3.63, 3.8) is 0 Å². The van der Waals surface area contributed by atoms with Crippen molar-refractivity contribution < 1.29 is 9.34 Å². The Hall–Kier alpha value is -3.79. The molecule has 0 aliphatic heterocycles. The minimum absolute atomic E-state index is 0.200. The van der Waals surface area contributed by atoms with Gasteiger partial charge in [0.1, 0.15) is 16.5 Å². The summed E-state index contributed by atoms with van der Waals surface area (Å²) in [6.07, 6.45) is 3.18. The van der Waals surface area contributed by atoms with Gasteiger partial charge in [-0.3, -0.25) is 19.5 Å². The van der Waals surface area contributed by atoms with Crippen LogP contribution in [0, 0.1) is 13.7 Å². The van der Waals surface area contributed by atoms with E-state index >= 15 is 0 Å². The molecular weight excluding hydrogens is 521 g/mol. The van der Waals surface area contributed by atoms with Crippen LogP contribution in [0.15, 0.2) is 82.0 Å². The zero-order valence-corrected chi connectivity index (χ0v) is 18.6. The molecule has 0 unspecified atom stereocenters. The van der Waals surface area contributed by atoms with Crippen LogP contribution in [0.5, 0.6) is 0 Å². The molecule has 0 bridgehead atoms. The summed E-state index contributed by atoms with van der Waals surface area (Å²) in [6.45, 7) is 0. The zero-order chi connectivity index (χ0) is 22.2. The van der Waals surface area contributed by atoms with Gasteiger partial charge in [0.2, 0.25) is 0 Å². The monoisotopic (exact) mass is 535 g/mol. The second-order valence-corrected chi connectivity index (χ2v) is 8.32. The molecule has 2 heterocycles. The number of benzene rings is 3. The van der Waals surface area contributed by atoms with Crippen molar-refractivity contribution in [1.29, 1.82) is 0 Å². The molecule has 0 aliphatic rings. The molecule has 3 aromatic carbocycles. The molecule has 5 rings (SSSR count). The molecule has 0 fully saturated rings. The Morgan fingerprint density at radius 1 is 0.969 bits per heavy atom. The number of aromatic nitrogens is 2. The van der Waals surface area contributed by atoms with Crippen molar-refractivity contribution in [3.8, 4) is 5.69 Å². The third-order valence-corrected chi connectivity index (χ3v) is 5.71. The van der Waals surface area contributed by atoms with Crippen molar-refractivity contribution in [2.45, 2.75) is 0 Å². The highest BCUT2D eigenvalue weighted by Crippen LogP contribution is 2.22. The standard InChI is InChI=1S/C24H14IN3O4/c25-17-6-10-21-20(14-17)24(29)27(18-7-5-15-3-1-2-4-16(15)13-18)22(26-21)11-8-19-9-12-23(32-19)28(30)31/h1-14H. The van der Waals surface area contributed by atoms with E-state index < -0.39 is 4.92 Å². The fourth-order valence-electron chi connectivity index (χ4n) is 3.54. The second kappa shape index (κ2) is 8.04. The molecule has 0 spiro atoms.